The van der Waals surface area contributed by atoms with Crippen molar-refractivity contribution in [2.75, 3.05) is 7.11 Å². The third kappa shape index (κ3) is 2.55. The van der Waals surface area contributed by atoms with E-state index in [0.29, 0.717) is 5.56 Å². The van der Waals surface area contributed by atoms with Crippen LogP contribution in [-0.4, -0.2) is 30.1 Å². The monoisotopic (exact) mass is 220 g/mol. The van der Waals surface area contributed by atoms with E-state index < -0.39 is 17.9 Å². The SMILES string of the molecule is C=C(C(=O)c1ccccc1)[C@@H](O)C(=O)OC. The molecular weight excluding hydrogens is 208 g/mol. The third-order valence-electron chi connectivity index (χ3n) is 2.08. The lowest BCUT2D eigenvalue weighted by Gasteiger charge is -2.10. The molecule has 0 bridgehead atoms. The Morgan fingerprint density at radius 3 is 2.38 bits per heavy atom. The van der Waals surface area contributed by atoms with Crippen LogP contribution < -0.4 is 0 Å². The summed E-state index contributed by atoms with van der Waals surface area (Å²) in [7, 11) is 1.13. The fourth-order valence-electron chi connectivity index (χ4n) is 1.15. The Kier molecular flexibility index (Phi) is 3.96. The van der Waals surface area contributed by atoms with E-state index in [1.165, 1.54) is 0 Å². The van der Waals surface area contributed by atoms with Gasteiger partial charge in [0.25, 0.3) is 0 Å². The van der Waals surface area contributed by atoms with Crippen LogP contribution in [0.5, 0.6) is 0 Å². The maximum absolute atomic E-state index is 11.7. The lowest BCUT2D eigenvalue weighted by molar-refractivity contribution is -0.148. The van der Waals surface area contributed by atoms with Gasteiger partial charge in [-0.25, -0.2) is 4.79 Å². The fourth-order valence-corrected chi connectivity index (χ4v) is 1.15. The summed E-state index contributed by atoms with van der Waals surface area (Å²) in [6, 6.07) is 8.29. The van der Waals surface area contributed by atoms with Crippen LogP contribution in [0.2, 0.25) is 0 Å². The Bertz CT molecular complexity index is 408. The standard InChI is InChI=1S/C12H12O4/c1-8(11(14)12(15)16-2)10(13)9-6-4-3-5-7-9/h3-7,11,14H,1H2,2H3/t11-/m1/s1. The number of esters is 1. The molecular formula is C12H12O4. The lowest BCUT2D eigenvalue weighted by atomic mass is 10.0. The number of rotatable bonds is 4. The van der Waals surface area contributed by atoms with Crippen LogP contribution in [0.3, 0.4) is 0 Å². The molecule has 84 valence electrons. The van der Waals surface area contributed by atoms with Crippen molar-refractivity contribution in [1.29, 1.82) is 0 Å². The summed E-state index contributed by atoms with van der Waals surface area (Å²) in [5.74, 6) is -1.37. The number of methoxy groups -OCH3 is 1. The van der Waals surface area contributed by atoms with E-state index in [1.54, 1.807) is 30.3 Å². The number of benzene rings is 1. The Labute approximate surface area is 93.2 Å². The zero-order valence-corrected chi connectivity index (χ0v) is 8.84. The summed E-state index contributed by atoms with van der Waals surface area (Å²) >= 11 is 0. The highest BCUT2D eigenvalue weighted by Gasteiger charge is 2.24. The predicted molar refractivity (Wildman–Crippen MR) is 57.9 cm³/mol. The highest BCUT2D eigenvalue weighted by Crippen LogP contribution is 2.11. The van der Waals surface area contributed by atoms with Gasteiger partial charge >= 0.3 is 5.97 Å². The van der Waals surface area contributed by atoms with Gasteiger partial charge in [-0.15, -0.1) is 0 Å². The Balaban J connectivity index is 2.84. The first-order valence-corrected chi connectivity index (χ1v) is 4.62. The van der Waals surface area contributed by atoms with Gasteiger partial charge in [0, 0.05) is 11.1 Å². The van der Waals surface area contributed by atoms with Gasteiger partial charge in [-0.2, -0.15) is 0 Å². The Hall–Kier alpha value is -1.94. The third-order valence-corrected chi connectivity index (χ3v) is 2.08. The largest absolute Gasteiger partial charge is 0.467 e. The Morgan fingerprint density at radius 2 is 1.88 bits per heavy atom. The van der Waals surface area contributed by atoms with Crippen molar-refractivity contribution in [3.63, 3.8) is 0 Å². The maximum atomic E-state index is 11.7. The molecule has 0 amide bonds. The van der Waals surface area contributed by atoms with Gasteiger partial charge in [0.15, 0.2) is 11.9 Å². The molecule has 1 aromatic rings. The number of carbonyl (C=O) groups excluding carboxylic acids is 2. The summed E-state index contributed by atoms with van der Waals surface area (Å²) < 4.78 is 4.32. The van der Waals surface area contributed by atoms with E-state index in [9.17, 15) is 14.7 Å². The molecule has 0 radical (unpaired) electrons. The molecule has 0 aliphatic carbocycles. The van der Waals surface area contributed by atoms with E-state index in [1.807, 2.05) is 0 Å². The van der Waals surface area contributed by atoms with Crippen molar-refractivity contribution in [1.82, 2.24) is 0 Å². The fraction of sp³-hybridized carbons (Fsp3) is 0.167. The van der Waals surface area contributed by atoms with Gasteiger partial charge < -0.3 is 9.84 Å². The molecule has 0 unspecified atom stereocenters. The molecule has 0 spiro atoms. The molecule has 1 rings (SSSR count). The molecule has 1 aromatic carbocycles. The molecule has 0 aromatic heterocycles. The average molecular weight is 220 g/mol. The van der Waals surface area contributed by atoms with Gasteiger partial charge in [-0.1, -0.05) is 36.9 Å². The highest BCUT2D eigenvalue weighted by atomic mass is 16.5. The van der Waals surface area contributed by atoms with Crippen LogP contribution in [-0.2, 0) is 9.53 Å². The number of hydrogen-bond acceptors (Lipinski definition) is 4. The van der Waals surface area contributed by atoms with E-state index in [4.69, 9.17) is 0 Å². The number of aliphatic hydroxyl groups is 1. The van der Waals surface area contributed by atoms with Crippen molar-refractivity contribution >= 4 is 11.8 Å². The minimum atomic E-state index is -1.61. The molecule has 4 nitrogen and oxygen atoms in total. The second kappa shape index (κ2) is 5.23. The maximum Gasteiger partial charge on any atom is 0.339 e. The molecule has 1 N–H and O–H groups in total. The number of carbonyl (C=O) groups is 2. The quantitative estimate of drug-likeness (QED) is 0.466. The minimum absolute atomic E-state index is 0.196. The van der Waals surface area contributed by atoms with Crippen LogP contribution >= 0.6 is 0 Å². The van der Waals surface area contributed by atoms with Crippen molar-refractivity contribution in [2.45, 2.75) is 6.10 Å². The molecule has 0 aliphatic heterocycles. The molecule has 0 heterocycles. The predicted octanol–water partition coefficient (Wildman–Crippen LogP) is 0.959. The van der Waals surface area contributed by atoms with Crippen LogP contribution in [0.1, 0.15) is 10.4 Å². The van der Waals surface area contributed by atoms with E-state index in [2.05, 4.69) is 11.3 Å². The first kappa shape index (κ1) is 12.1. The number of Topliss-reactive ketones (excluding diaryl/α,β-unsaturated/α-hetero) is 1. The Morgan fingerprint density at radius 1 is 1.31 bits per heavy atom. The number of hydrogen-bond donors (Lipinski definition) is 1. The van der Waals surface area contributed by atoms with Crippen molar-refractivity contribution in [3.05, 3.63) is 48.0 Å². The van der Waals surface area contributed by atoms with Crippen molar-refractivity contribution in [3.8, 4) is 0 Å². The first-order chi connectivity index (χ1) is 7.57. The number of ether oxygens (including phenoxy) is 1. The van der Waals surface area contributed by atoms with Crippen LogP contribution in [0.4, 0.5) is 0 Å². The van der Waals surface area contributed by atoms with E-state index in [-0.39, 0.29) is 5.57 Å². The lowest BCUT2D eigenvalue weighted by Crippen LogP contribution is -2.27. The average Bonchev–Trinajstić information content (AvgIpc) is 2.36. The highest BCUT2D eigenvalue weighted by molar-refractivity contribution is 6.11. The second-order valence-electron chi connectivity index (χ2n) is 3.15. The van der Waals surface area contributed by atoms with E-state index >= 15 is 0 Å². The molecule has 0 saturated heterocycles. The van der Waals surface area contributed by atoms with Gasteiger partial charge in [-0.3, -0.25) is 4.79 Å². The van der Waals surface area contributed by atoms with Crippen LogP contribution in [0.25, 0.3) is 0 Å². The zero-order valence-electron chi connectivity index (χ0n) is 8.84. The van der Waals surface area contributed by atoms with Crippen LogP contribution in [0.15, 0.2) is 42.5 Å². The topological polar surface area (TPSA) is 63.6 Å². The summed E-state index contributed by atoms with van der Waals surface area (Å²) in [5, 5.41) is 9.42. The molecule has 16 heavy (non-hydrogen) atoms. The number of ketones is 1. The van der Waals surface area contributed by atoms with Crippen LogP contribution in [0, 0.1) is 0 Å². The first-order valence-electron chi connectivity index (χ1n) is 4.62. The zero-order chi connectivity index (χ0) is 12.1. The molecule has 4 heteroatoms. The molecule has 1 atom stereocenters. The van der Waals surface area contributed by atoms with Crippen molar-refractivity contribution < 1.29 is 19.4 Å². The normalized spacial score (nSPS) is 11.6. The number of aliphatic hydroxyl groups excluding tert-OH is 1. The van der Waals surface area contributed by atoms with E-state index in [0.717, 1.165) is 7.11 Å². The van der Waals surface area contributed by atoms with Gasteiger partial charge in [0.2, 0.25) is 0 Å². The minimum Gasteiger partial charge on any atom is -0.467 e. The van der Waals surface area contributed by atoms with Crippen molar-refractivity contribution in [2.24, 2.45) is 0 Å². The molecule has 0 aliphatic rings. The summed E-state index contributed by atoms with van der Waals surface area (Å²) in [5.41, 5.74) is 0.175. The summed E-state index contributed by atoms with van der Waals surface area (Å²) in [6.07, 6.45) is -1.61. The second-order valence-corrected chi connectivity index (χ2v) is 3.15. The van der Waals surface area contributed by atoms with Gasteiger partial charge in [0.1, 0.15) is 0 Å². The van der Waals surface area contributed by atoms with Gasteiger partial charge in [-0.05, 0) is 0 Å². The van der Waals surface area contributed by atoms with Gasteiger partial charge in [0.05, 0.1) is 7.11 Å². The summed E-state index contributed by atoms with van der Waals surface area (Å²) in [6.45, 7) is 3.40. The smallest absolute Gasteiger partial charge is 0.339 e. The molecule has 0 saturated carbocycles. The molecule has 0 fully saturated rings. The summed E-state index contributed by atoms with van der Waals surface area (Å²) in [4.78, 5) is 22.7.